The lowest BCUT2D eigenvalue weighted by Gasteiger charge is -2.18. The van der Waals surface area contributed by atoms with Crippen LogP contribution in [0, 0.1) is 0 Å². The van der Waals surface area contributed by atoms with Gasteiger partial charge in [0.15, 0.2) is 5.16 Å². The molecule has 6 heteroatoms. The predicted octanol–water partition coefficient (Wildman–Crippen LogP) is 5.61. The van der Waals surface area contributed by atoms with Crippen molar-refractivity contribution in [1.29, 1.82) is 0 Å². The summed E-state index contributed by atoms with van der Waals surface area (Å²) >= 11 is 1.31. The summed E-state index contributed by atoms with van der Waals surface area (Å²) in [6.07, 6.45) is 1.81. The first-order chi connectivity index (χ1) is 14.5. The summed E-state index contributed by atoms with van der Waals surface area (Å²) in [4.78, 5) is 30.4. The number of anilines is 1. The van der Waals surface area contributed by atoms with E-state index in [4.69, 9.17) is 0 Å². The Balaban J connectivity index is 1.84. The summed E-state index contributed by atoms with van der Waals surface area (Å²) in [7, 11) is 0. The van der Waals surface area contributed by atoms with E-state index in [0.717, 1.165) is 24.1 Å². The molecule has 2 aromatic carbocycles. The summed E-state index contributed by atoms with van der Waals surface area (Å²) in [6.45, 7) is 8.34. The van der Waals surface area contributed by atoms with Crippen LogP contribution in [0.4, 0.5) is 5.69 Å². The fraction of sp³-hybridized carbons (Fsp3) is 0.375. The smallest absolute Gasteiger partial charge is 0.262 e. The standard InChI is InChI=1S/C24H29N3O2S/c1-5-16(3)18-11-7-9-13-20(18)25-22(28)15-30-24-26-21-14-10-8-12-19(21)23(29)27(24)17(4)6-2/h7-14,16-17H,5-6,15H2,1-4H3,(H,25,28)/t16-,17+/m1/s1. The molecular formula is C24H29N3O2S. The molecule has 3 rings (SSSR count). The van der Waals surface area contributed by atoms with Crippen LogP contribution in [-0.2, 0) is 4.79 Å². The van der Waals surface area contributed by atoms with Gasteiger partial charge in [-0.05, 0) is 49.4 Å². The van der Waals surface area contributed by atoms with Crippen molar-refractivity contribution in [2.75, 3.05) is 11.1 Å². The number of benzene rings is 2. The minimum absolute atomic E-state index is 0.00583. The molecule has 0 aliphatic carbocycles. The van der Waals surface area contributed by atoms with Gasteiger partial charge in [-0.25, -0.2) is 4.98 Å². The lowest BCUT2D eigenvalue weighted by molar-refractivity contribution is -0.113. The monoisotopic (exact) mass is 423 g/mol. The van der Waals surface area contributed by atoms with Crippen LogP contribution in [-0.4, -0.2) is 21.2 Å². The molecule has 30 heavy (non-hydrogen) atoms. The van der Waals surface area contributed by atoms with Gasteiger partial charge in [0, 0.05) is 11.7 Å². The fourth-order valence-electron chi connectivity index (χ4n) is 3.38. The van der Waals surface area contributed by atoms with E-state index in [1.54, 1.807) is 10.6 Å². The van der Waals surface area contributed by atoms with E-state index < -0.39 is 0 Å². The van der Waals surface area contributed by atoms with Crippen LogP contribution in [0.1, 0.15) is 58.1 Å². The van der Waals surface area contributed by atoms with Gasteiger partial charge >= 0.3 is 0 Å². The molecule has 0 aliphatic heterocycles. The largest absolute Gasteiger partial charge is 0.325 e. The second-order valence-electron chi connectivity index (χ2n) is 7.58. The molecule has 3 aromatic rings. The number of hydrogen-bond donors (Lipinski definition) is 1. The van der Waals surface area contributed by atoms with E-state index in [1.807, 2.05) is 50.2 Å². The van der Waals surface area contributed by atoms with E-state index in [-0.39, 0.29) is 23.3 Å². The molecule has 1 amide bonds. The van der Waals surface area contributed by atoms with Crippen molar-refractivity contribution in [3.63, 3.8) is 0 Å². The molecule has 1 aromatic heterocycles. The van der Waals surface area contributed by atoms with Crippen molar-refractivity contribution in [3.05, 3.63) is 64.4 Å². The molecule has 1 heterocycles. The highest BCUT2D eigenvalue weighted by Crippen LogP contribution is 2.27. The fourth-order valence-corrected chi connectivity index (χ4v) is 4.27. The van der Waals surface area contributed by atoms with Crippen molar-refractivity contribution in [2.45, 2.75) is 57.7 Å². The number of thioether (sulfide) groups is 1. The lowest BCUT2D eigenvalue weighted by atomic mass is 9.97. The Morgan fingerprint density at radius 3 is 2.50 bits per heavy atom. The second-order valence-corrected chi connectivity index (χ2v) is 8.52. The van der Waals surface area contributed by atoms with Crippen molar-refractivity contribution in [3.8, 4) is 0 Å². The zero-order valence-corrected chi connectivity index (χ0v) is 18.8. The molecule has 0 spiro atoms. The van der Waals surface area contributed by atoms with Gasteiger partial charge in [0.2, 0.25) is 5.91 Å². The normalized spacial score (nSPS) is 13.2. The van der Waals surface area contributed by atoms with E-state index >= 15 is 0 Å². The van der Waals surface area contributed by atoms with Crippen LogP contribution in [0.3, 0.4) is 0 Å². The SMILES string of the molecule is CC[C@@H](C)c1ccccc1NC(=O)CSc1nc2ccccc2c(=O)n1[C@@H](C)CC. The third kappa shape index (κ3) is 4.75. The number of amides is 1. The molecule has 0 unspecified atom stereocenters. The quantitative estimate of drug-likeness (QED) is 0.378. The van der Waals surface area contributed by atoms with Crippen LogP contribution in [0.25, 0.3) is 10.9 Å². The number of aromatic nitrogens is 2. The highest BCUT2D eigenvalue weighted by atomic mass is 32.2. The Kier molecular flexibility index (Phi) is 7.32. The Morgan fingerprint density at radius 1 is 1.07 bits per heavy atom. The number of nitrogens with zero attached hydrogens (tertiary/aromatic N) is 2. The zero-order chi connectivity index (χ0) is 21.7. The Hall–Kier alpha value is -2.60. The van der Waals surface area contributed by atoms with Crippen molar-refractivity contribution < 1.29 is 4.79 Å². The predicted molar refractivity (Wildman–Crippen MR) is 126 cm³/mol. The highest BCUT2D eigenvalue weighted by molar-refractivity contribution is 7.99. The second kappa shape index (κ2) is 9.94. The van der Waals surface area contributed by atoms with E-state index in [2.05, 4.69) is 30.2 Å². The van der Waals surface area contributed by atoms with Gasteiger partial charge in [0.25, 0.3) is 5.56 Å². The lowest BCUT2D eigenvalue weighted by Crippen LogP contribution is -2.26. The van der Waals surface area contributed by atoms with Crippen LogP contribution in [0.2, 0.25) is 0 Å². The molecule has 2 atom stereocenters. The summed E-state index contributed by atoms with van der Waals surface area (Å²) in [6, 6.07) is 15.3. The number of fused-ring (bicyclic) bond motifs is 1. The van der Waals surface area contributed by atoms with Crippen molar-refractivity contribution in [1.82, 2.24) is 9.55 Å². The van der Waals surface area contributed by atoms with Gasteiger partial charge in [-0.1, -0.05) is 62.9 Å². The maximum Gasteiger partial charge on any atom is 0.262 e. The number of para-hydroxylation sites is 2. The number of carbonyl (C=O) groups excluding carboxylic acids is 1. The van der Waals surface area contributed by atoms with Crippen molar-refractivity contribution in [2.24, 2.45) is 0 Å². The molecule has 0 fully saturated rings. The van der Waals surface area contributed by atoms with Crippen LogP contribution >= 0.6 is 11.8 Å². The minimum Gasteiger partial charge on any atom is -0.325 e. The molecule has 5 nitrogen and oxygen atoms in total. The highest BCUT2D eigenvalue weighted by Gasteiger charge is 2.17. The van der Waals surface area contributed by atoms with Gasteiger partial charge in [-0.15, -0.1) is 0 Å². The molecule has 0 saturated heterocycles. The van der Waals surface area contributed by atoms with Crippen LogP contribution in [0.5, 0.6) is 0 Å². The molecule has 1 N–H and O–H groups in total. The molecular weight excluding hydrogens is 394 g/mol. The number of rotatable bonds is 8. The average molecular weight is 424 g/mol. The summed E-state index contributed by atoms with van der Waals surface area (Å²) < 4.78 is 1.72. The van der Waals surface area contributed by atoms with Gasteiger partial charge in [-0.3, -0.25) is 14.2 Å². The molecule has 158 valence electrons. The minimum atomic E-state index is -0.103. The van der Waals surface area contributed by atoms with Crippen molar-refractivity contribution >= 4 is 34.3 Å². The van der Waals surface area contributed by atoms with Gasteiger partial charge < -0.3 is 5.32 Å². The number of hydrogen-bond acceptors (Lipinski definition) is 4. The van der Waals surface area contributed by atoms with Gasteiger partial charge in [-0.2, -0.15) is 0 Å². The third-order valence-corrected chi connectivity index (χ3v) is 6.47. The third-order valence-electron chi connectivity index (χ3n) is 5.52. The van der Waals surface area contributed by atoms with E-state index in [1.165, 1.54) is 11.8 Å². The summed E-state index contributed by atoms with van der Waals surface area (Å²) in [5.41, 5.74) is 2.59. The summed E-state index contributed by atoms with van der Waals surface area (Å²) in [5, 5.41) is 4.22. The molecule has 0 bridgehead atoms. The number of nitrogens with one attached hydrogen (secondary N) is 1. The van der Waals surface area contributed by atoms with Crippen LogP contribution < -0.4 is 10.9 Å². The Morgan fingerprint density at radius 2 is 1.77 bits per heavy atom. The maximum absolute atomic E-state index is 13.0. The molecule has 0 aliphatic rings. The first-order valence-corrected chi connectivity index (χ1v) is 11.5. The van der Waals surface area contributed by atoms with Crippen LogP contribution in [0.15, 0.2) is 58.5 Å². The molecule has 0 radical (unpaired) electrons. The molecule has 0 saturated carbocycles. The average Bonchev–Trinajstić information content (AvgIpc) is 2.77. The van der Waals surface area contributed by atoms with Gasteiger partial charge in [0.1, 0.15) is 0 Å². The van der Waals surface area contributed by atoms with E-state index in [0.29, 0.717) is 22.0 Å². The maximum atomic E-state index is 13.0. The number of carbonyl (C=O) groups is 1. The van der Waals surface area contributed by atoms with Gasteiger partial charge in [0.05, 0.1) is 16.7 Å². The Bertz CT molecular complexity index is 1090. The first-order valence-electron chi connectivity index (χ1n) is 10.5. The zero-order valence-electron chi connectivity index (χ0n) is 18.0. The topological polar surface area (TPSA) is 64.0 Å². The summed E-state index contributed by atoms with van der Waals surface area (Å²) in [5.74, 6) is 0.455. The Labute approximate surface area is 181 Å². The first kappa shape index (κ1) is 22.1. The van der Waals surface area contributed by atoms with E-state index in [9.17, 15) is 9.59 Å².